The fourth-order valence-corrected chi connectivity index (χ4v) is 0.792. The van der Waals surface area contributed by atoms with E-state index in [-0.39, 0.29) is 32.6 Å². The van der Waals surface area contributed by atoms with Crippen LogP contribution in [0.15, 0.2) is 25.5 Å². The van der Waals surface area contributed by atoms with Gasteiger partial charge in [0.25, 0.3) is 0 Å². The predicted molar refractivity (Wildman–Crippen MR) is 208 cm³/mol. The number of aromatic amines is 2. The highest BCUT2D eigenvalue weighted by Gasteiger charge is 1.87. The minimum atomic E-state index is 0. The van der Waals surface area contributed by atoms with Crippen LogP contribution in [0.4, 0.5) is 0 Å². The van der Waals surface area contributed by atoms with Crippen molar-refractivity contribution in [2.45, 2.75) is 110 Å². The molecule has 0 spiro atoms. The van der Waals surface area contributed by atoms with Crippen molar-refractivity contribution < 1.29 is 25.2 Å². The molecule has 0 aliphatic rings. The Morgan fingerprint density at radius 1 is 0.784 bits per heavy atom. The number of aryl methyl sites for hydroxylation is 2. The van der Waals surface area contributed by atoms with Crippen molar-refractivity contribution in [3.8, 4) is 0 Å². The lowest BCUT2D eigenvalue weighted by atomic mass is 10.3. The summed E-state index contributed by atoms with van der Waals surface area (Å²) >= 11 is 0. The molecule has 0 fully saturated rings. The number of hydrogen-bond donors (Lipinski definition) is 9. The molecule has 11 N–H and O–H groups in total. The number of guanidine groups is 1. The standard InChI is InChI=1S/2C4H9NO.C3H6N4.3C3H7NO.C3H7N.C2H4N4.C2H7N3.2CH4/c1-3-4(6)5-2;1-3-4(2)5-6;1-2-3-4-6-7-5-3;1-3(5)4-2;2*1-3(2)4-5;1-3-4-2;1-2-3-5-6-4-2;1-5-2(3)4;;/h3H2,1-2H3,(H,5,6);6H,3H2,1-2H3;2H2,1H3,(H,4,5,6,7);1-2H3,(H,4,5);2*5H,1-2H3;3H,1-2H3;1H3,(H,3,4,5,6);1H3,(H4,3,4,5);2*1H4/b;5-4+;;;;;;;;;. The summed E-state index contributed by atoms with van der Waals surface area (Å²) in [5.41, 5.74) is 11.8. The van der Waals surface area contributed by atoms with E-state index in [2.05, 4.69) is 77.3 Å². The molecule has 0 radical (unpaired) electrons. The van der Waals surface area contributed by atoms with Crippen LogP contribution in [0.3, 0.4) is 0 Å². The molecule has 0 saturated heterocycles. The van der Waals surface area contributed by atoms with E-state index in [0.29, 0.717) is 23.7 Å². The maximum Gasteiger partial charge on any atom is 0.219 e. The number of nitrogens with zero attached hydrogens (tertiary/aromatic N) is 11. The van der Waals surface area contributed by atoms with Crippen LogP contribution in [0.25, 0.3) is 0 Å². The van der Waals surface area contributed by atoms with Crippen LogP contribution in [-0.2, 0) is 16.0 Å². The summed E-state index contributed by atoms with van der Waals surface area (Å²) in [7, 11) is 6.52. The Kier molecular flexibility index (Phi) is 79.3. The second-order valence-electron chi connectivity index (χ2n) is 8.42. The summed E-state index contributed by atoms with van der Waals surface area (Å²) in [5, 5.41) is 62.6. The molecule has 302 valence electrons. The van der Waals surface area contributed by atoms with Gasteiger partial charge in [0.1, 0.15) is 0 Å². The number of tetrazole rings is 2. The van der Waals surface area contributed by atoms with E-state index >= 15 is 0 Å². The third-order valence-corrected chi connectivity index (χ3v) is 3.71. The molecule has 2 aromatic heterocycles. The number of oxime groups is 3. The highest BCUT2D eigenvalue weighted by molar-refractivity contribution is 5.80. The lowest BCUT2D eigenvalue weighted by molar-refractivity contribution is -0.120. The van der Waals surface area contributed by atoms with Gasteiger partial charge in [0.15, 0.2) is 17.6 Å². The largest absolute Gasteiger partial charge is 0.411 e. The molecule has 0 unspecified atom stereocenters. The van der Waals surface area contributed by atoms with E-state index in [0.717, 1.165) is 24.4 Å². The maximum atomic E-state index is 10.1. The molecular formula is C29H71N17O5. The zero-order valence-corrected chi connectivity index (χ0v) is 31.9. The number of aliphatic imine (C=N–C) groups is 2. The average Bonchev–Trinajstić information content (AvgIpc) is 3.83. The Bertz CT molecular complexity index is 1030. The number of hydrogen-bond acceptors (Lipinski definition) is 16. The zero-order chi connectivity index (χ0) is 40.1. The molecule has 22 nitrogen and oxygen atoms in total. The van der Waals surface area contributed by atoms with E-state index in [1.807, 2.05) is 27.7 Å². The second-order valence-corrected chi connectivity index (χ2v) is 8.42. The minimum absolute atomic E-state index is 0. The molecule has 2 amide bonds. The maximum absolute atomic E-state index is 10.1. The number of H-pyrrole nitrogens is 2. The van der Waals surface area contributed by atoms with Crippen LogP contribution >= 0.6 is 0 Å². The van der Waals surface area contributed by atoms with Crippen molar-refractivity contribution in [1.29, 1.82) is 0 Å². The number of nitrogens with two attached hydrogens (primary N) is 2. The van der Waals surface area contributed by atoms with Crippen LogP contribution in [-0.4, -0.2) is 126 Å². The van der Waals surface area contributed by atoms with Gasteiger partial charge >= 0.3 is 0 Å². The van der Waals surface area contributed by atoms with E-state index in [1.54, 1.807) is 68.9 Å². The molecule has 0 aromatic carbocycles. The molecular weight excluding hydrogens is 666 g/mol. The molecule has 22 heteroatoms. The minimum Gasteiger partial charge on any atom is -0.411 e. The fraction of sp³-hybridized carbons (Fsp3) is 0.690. The highest BCUT2D eigenvalue weighted by Crippen LogP contribution is 1.79. The summed E-state index contributed by atoms with van der Waals surface area (Å²) in [6, 6.07) is 0. The number of rotatable bonds is 3. The normalized spacial score (nSPS) is 8.02. The van der Waals surface area contributed by atoms with Gasteiger partial charge in [-0.05, 0) is 61.1 Å². The van der Waals surface area contributed by atoms with Gasteiger partial charge in [0, 0.05) is 48.0 Å². The predicted octanol–water partition coefficient (Wildman–Crippen LogP) is 2.99. The van der Waals surface area contributed by atoms with Gasteiger partial charge in [-0.15, -0.1) is 20.4 Å². The first-order valence-corrected chi connectivity index (χ1v) is 14.6. The van der Waals surface area contributed by atoms with Crippen LogP contribution < -0.4 is 22.1 Å². The van der Waals surface area contributed by atoms with Gasteiger partial charge in [-0.2, -0.15) is 10.4 Å². The van der Waals surface area contributed by atoms with Gasteiger partial charge in [0.05, 0.1) is 17.1 Å². The summed E-state index contributed by atoms with van der Waals surface area (Å²) < 4.78 is 0. The number of nitrogens with one attached hydrogen (secondary N) is 4. The number of aromatic nitrogens is 8. The van der Waals surface area contributed by atoms with Crippen LogP contribution in [0.5, 0.6) is 0 Å². The molecule has 0 aliphatic heterocycles. The summed E-state index contributed by atoms with van der Waals surface area (Å²) in [5.74, 6) is 1.67. The first-order valence-electron chi connectivity index (χ1n) is 14.6. The number of amides is 2. The first-order chi connectivity index (χ1) is 22.9. The van der Waals surface area contributed by atoms with Crippen LogP contribution in [0, 0.1) is 6.92 Å². The van der Waals surface area contributed by atoms with Gasteiger partial charge in [-0.25, -0.2) is 0 Å². The van der Waals surface area contributed by atoms with E-state index in [1.165, 1.54) is 14.0 Å². The van der Waals surface area contributed by atoms with Crippen molar-refractivity contribution in [3.05, 3.63) is 11.6 Å². The monoisotopic (exact) mass is 738 g/mol. The third kappa shape index (κ3) is 106. The van der Waals surface area contributed by atoms with Gasteiger partial charge in [-0.3, -0.25) is 14.6 Å². The molecule has 51 heavy (non-hydrogen) atoms. The molecule has 2 heterocycles. The van der Waals surface area contributed by atoms with Crippen molar-refractivity contribution in [3.63, 3.8) is 0 Å². The van der Waals surface area contributed by atoms with Gasteiger partial charge < -0.3 is 42.7 Å². The number of carbonyl (C=O) groups is 2. The summed E-state index contributed by atoms with van der Waals surface area (Å²) in [6.07, 6.45) is 4.00. The van der Waals surface area contributed by atoms with Crippen molar-refractivity contribution >= 4 is 41.1 Å². The van der Waals surface area contributed by atoms with E-state index in [4.69, 9.17) is 27.1 Å². The van der Waals surface area contributed by atoms with Crippen LogP contribution in [0.2, 0.25) is 0 Å². The van der Waals surface area contributed by atoms with Crippen LogP contribution in [0.1, 0.15) is 109 Å². The Morgan fingerprint density at radius 3 is 1.22 bits per heavy atom. The molecule has 0 aliphatic carbocycles. The van der Waals surface area contributed by atoms with Crippen molar-refractivity contribution in [1.82, 2.24) is 51.9 Å². The second kappa shape index (κ2) is 59.8. The lowest BCUT2D eigenvalue weighted by Crippen LogP contribution is -2.21. The van der Waals surface area contributed by atoms with Gasteiger partial charge in [0.2, 0.25) is 11.8 Å². The Morgan fingerprint density at radius 2 is 1.16 bits per heavy atom. The fourth-order valence-electron chi connectivity index (χ4n) is 0.792. The molecule has 0 saturated carbocycles. The molecule has 0 atom stereocenters. The summed E-state index contributed by atoms with van der Waals surface area (Å²) in [4.78, 5) is 26.7. The summed E-state index contributed by atoms with van der Waals surface area (Å²) in [6.45, 7) is 19.5. The smallest absolute Gasteiger partial charge is 0.219 e. The topological polar surface area (TPSA) is 342 Å². The zero-order valence-electron chi connectivity index (χ0n) is 31.9. The van der Waals surface area contributed by atoms with E-state index in [9.17, 15) is 9.59 Å². The average molecular weight is 738 g/mol. The third-order valence-electron chi connectivity index (χ3n) is 3.71. The van der Waals surface area contributed by atoms with Crippen molar-refractivity contribution in [2.75, 3.05) is 28.2 Å². The number of carbonyl (C=O) groups excluding carboxylic acids is 2. The molecule has 2 rings (SSSR count). The molecule has 2 aromatic rings. The highest BCUT2D eigenvalue weighted by atomic mass is 16.4. The Balaban J connectivity index is -0.0000000556. The Labute approximate surface area is 305 Å². The van der Waals surface area contributed by atoms with Crippen molar-refractivity contribution in [2.24, 2.45) is 36.9 Å². The Hall–Kier alpha value is -5.57. The van der Waals surface area contributed by atoms with Gasteiger partial charge in [-0.1, -0.05) is 61.5 Å². The molecule has 0 bridgehead atoms. The quantitative estimate of drug-likeness (QED) is 0.0948. The lowest BCUT2D eigenvalue weighted by Gasteiger charge is -1.87. The van der Waals surface area contributed by atoms with E-state index < -0.39 is 0 Å². The SMILES string of the molecule is C.C.CC(C)=NO.CC(C)=NO.CC/C(C)=N/O.CC=NC.CCC(=O)NC.CCc1nn[nH]n1.CN=C(N)N.CNC(C)=O.Cc1nn[nH]n1. The first kappa shape index (κ1) is 67.6.